The van der Waals surface area contributed by atoms with Gasteiger partial charge >= 0.3 is 0 Å². The first-order valence-corrected chi connectivity index (χ1v) is 7.39. The highest BCUT2D eigenvalue weighted by Gasteiger charge is 2.40. The van der Waals surface area contributed by atoms with E-state index in [1.54, 1.807) is 0 Å². The smallest absolute Gasteiger partial charge is 0.234 e. The molecule has 2 heterocycles. The van der Waals surface area contributed by atoms with Crippen LogP contribution in [0.2, 0.25) is 0 Å². The molecule has 2 fully saturated rings. The maximum Gasteiger partial charge on any atom is 0.234 e. The fourth-order valence-corrected chi connectivity index (χ4v) is 3.20. The Bertz CT molecular complexity index is 428. The van der Waals surface area contributed by atoms with Gasteiger partial charge in [-0.15, -0.1) is 0 Å². The van der Waals surface area contributed by atoms with E-state index in [-0.39, 0.29) is 17.6 Å². The molecule has 1 aliphatic carbocycles. The maximum atomic E-state index is 6.27. The average Bonchev–Trinajstić information content (AvgIpc) is 3.05. The van der Waals surface area contributed by atoms with Crippen LogP contribution in [0.15, 0.2) is 4.52 Å². The van der Waals surface area contributed by atoms with Crippen LogP contribution in [-0.4, -0.2) is 28.9 Å². The van der Waals surface area contributed by atoms with E-state index in [0.717, 1.165) is 44.5 Å². The van der Waals surface area contributed by atoms with E-state index in [0.29, 0.717) is 5.89 Å². The van der Waals surface area contributed by atoms with Gasteiger partial charge in [-0.3, -0.25) is 0 Å². The minimum absolute atomic E-state index is 0.122. The zero-order chi connectivity index (χ0) is 13.3. The van der Waals surface area contributed by atoms with Crippen LogP contribution in [0.4, 0.5) is 0 Å². The number of hydrogen-bond acceptors (Lipinski definition) is 5. The molecule has 1 aromatic rings. The van der Waals surface area contributed by atoms with Crippen molar-refractivity contribution in [3.05, 3.63) is 11.7 Å². The highest BCUT2D eigenvalue weighted by Crippen LogP contribution is 2.37. The summed E-state index contributed by atoms with van der Waals surface area (Å²) < 4.78 is 11.1. The van der Waals surface area contributed by atoms with Crippen molar-refractivity contribution in [1.29, 1.82) is 0 Å². The molecule has 2 N–H and O–H groups in total. The van der Waals surface area contributed by atoms with E-state index in [4.69, 9.17) is 15.0 Å². The molecule has 3 rings (SSSR count). The fourth-order valence-electron chi connectivity index (χ4n) is 3.20. The van der Waals surface area contributed by atoms with Crippen LogP contribution < -0.4 is 5.73 Å². The molecule has 0 aromatic carbocycles. The molecule has 0 spiro atoms. The van der Waals surface area contributed by atoms with Gasteiger partial charge in [0.05, 0.1) is 11.5 Å². The molecule has 0 bridgehead atoms. The molecule has 1 saturated heterocycles. The van der Waals surface area contributed by atoms with Crippen LogP contribution >= 0.6 is 0 Å². The first kappa shape index (κ1) is 13.1. The minimum atomic E-state index is -0.153. The molecule has 5 heteroatoms. The van der Waals surface area contributed by atoms with Crippen molar-refractivity contribution in [2.24, 2.45) is 5.73 Å². The highest BCUT2D eigenvalue weighted by atomic mass is 16.5. The summed E-state index contributed by atoms with van der Waals surface area (Å²) >= 11 is 0. The van der Waals surface area contributed by atoms with Crippen LogP contribution in [0.25, 0.3) is 0 Å². The Morgan fingerprint density at radius 3 is 2.95 bits per heavy atom. The summed E-state index contributed by atoms with van der Waals surface area (Å²) in [5.41, 5.74) is 6.11. The van der Waals surface area contributed by atoms with Crippen molar-refractivity contribution >= 4 is 0 Å². The molecule has 2 aliphatic rings. The maximum absolute atomic E-state index is 6.27. The Balaban J connectivity index is 1.72. The van der Waals surface area contributed by atoms with E-state index in [2.05, 4.69) is 17.1 Å². The molecule has 19 heavy (non-hydrogen) atoms. The van der Waals surface area contributed by atoms with Gasteiger partial charge in [-0.2, -0.15) is 4.98 Å². The Labute approximate surface area is 113 Å². The number of ether oxygens (including phenoxy) is 1. The van der Waals surface area contributed by atoms with E-state index >= 15 is 0 Å². The Hall–Kier alpha value is -0.940. The van der Waals surface area contributed by atoms with Gasteiger partial charge in [0.15, 0.2) is 5.82 Å². The van der Waals surface area contributed by atoms with Crippen molar-refractivity contribution in [3.63, 3.8) is 0 Å². The molecule has 106 valence electrons. The third-order valence-corrected chi connectivity index (χ3v) is 4.67. The first-order chi connectivity index (χ1) is 9.18. The quantitative estimate of drug-likeness (QED) is 0.904. The summed E-state index contributed by atoms with van der Waals surface area (Å²) in [5, 5.41) is 4.11. The van der Waals surface area contributed by atoms with Crippen LogP contribution in [0.3, 0.4) is 0 Å². The molecule has 3 unspecified atom stereocenters. The predicted octanol–water partition coefficient (Wildman–Crippen LogP) is 1.95. The van der Waals surface area contributed by atoms with Crippen molar-refractivity contribution in [1.82, 2.24) is 10.1 Å². The lowest BCUT2D eigenvalue weighted by Gasteiger charge is -2.35. The Kier molecular flexibility index (Phi) is 3.58. The Morgan fingerprint density at radius 1 is 1.32 bits per heavy atom. The van der Waals surface area contributed by atoms with Gasteiger partial charge < -0.3 is 15.0 Å². The topological polar surface area (TPSA) is 74.2 Å². The SMILES string of the molecule is CC1(c2nc(CC3CCCO3)no2)CCCCC1N. The number of nitrogens with zero attached hydrogens (tertiary/aromatic N) is 2. The summed E-state index contributed by atoms with van der Waals surface area (Å²) in [6.07, 6.45) is 7.73. The second kappa shape index (κ2) is 5.21. The lowest BCUT2D eigenvalue weighted by molar-refractivity contribution is 0.109. The van der Waals surface area contributed by atoms with Gasteiger partial charge in [0.1, 0.15) is 0 Å². The van der Waals surface area contributed by atoms with E-state index < -0.39 is 0 Å². The molecule has 1 aliphatic heterocycles. The van der Waals surface area contributed by atoms with Gasteiger partial charge in [0.2, 0.25) is 5.89 Å². The standard InChI is InChI=1S/C14H23N3O2/c1-14(7-3-2-6-11(14)15)13-16-12(17-19-13)9-10-5-4-8-18-10/h10-11H,2-9,15H2,1H3. The predicted molar refractivity (Wildman–Crippen MR) is 70.8 cm³/mol. The Morgan fingerprint density at radius 2 is 2.21 bits per heavy atom. The molecule has 1 saturated carbocycles. The molecule has 1 aromatic heterocycles. The zero-order valence-corrected chi connectivity index (χ0v) is 11.6. The van der Waals surface area contributed by atoms with Crippen LogP contribution in [0.5, 0.6) is 0 Å². The molecule has 3 atom stereocenters. The fraction of sp³-hybridized carbons (Fsp3) is 0.857. The number of nitrogens with two attached hydrogens (primary N) is 1. The van der Waals surface area contributed by atoms with Crippen LogP contribution in [0.1, 0.15) is 57.2 Å². The van der Waals surface area contributed by atoms with E-state index in [1.807, 2.05) is 0 Å². The molecular formula is C14H23N3O2. The van der Waals surface area contributed by atoms with Gasteiger partial charge in [-0.05, 0) is 32.6 Å². The third kappa shape index (κ3) is 2.54. The molecular weight excluding hydrogens is 242 g/mol. The van der Waals surface area contributed by atoms with Crippen LogP contribution in [0, 0.1) is 0 Å². The van der Waals surface area contributed by atoms with Crippen molar-refractivity contribution in [2.45, 2.75) is 69.4 Å². The summed E-state index contributed by atoms with van der Waals surface area (Å²) in [6, 6.07) is 0.122. The zero-order valence-electron chi connectivity index (χ0n) is 11.6. The number of hydrogen-bond donors (Lipinski definition) is 1. The minimum Gasteiger partial charge on any atom is -0.378 e. The first-order valence-electron chi connectivity index (χ1n) is 7.39. The van der Waals surface area contributed by atoms with Crippen molar-refractivity contribution in [2.75, 3.05) is 6.61 Å². The summed E-state index contributed by atoms with van der Waals surface area (Å²) in [7, 11) is 0. The van der Waals surface area contributed by atoms with Gasteiger partial charge in [-0.1, -0.05) is 18.0 Å². The summed E-state index contributed by atoms with van der Waals surface area (Å²) in [4.78, 5) is 4.58. The van der Waals surface area contributed by atoms with Crippen molar-refractivity contribution in [3.8, 4) is 0 Å². The third-order valence-electron chi connectivity index (χ3n) is 4.67. The second-order valence-corrected chi connectivity index (χ2v) is 6.12. The van der Waals surface area contributed by atoms with Crippen LogP contribution in [-0.2, 0) is 16.6 Å². The highest BCUT2D eigenvalue weighted by molar-refractivity contribution is 5.10. The normalized spacial score (nSPS) is 35.7. The van der Waals surface area contributed by atoms with Gasteiger partial charge in [0.25, 0.3) is 0 Å². The van der Waals surface area contributed by atoms with Crippen molar-refractivity contribution < 1.29 is 9.26 Å². The molecule has 0 radical (unpaired) electrons. The largest absolute Gasteiger partial charge is 0.378 e. The second-order valence-electron chi connectivity index (χ2n) is 6.12. The summed E-state index contributed by atoms with van der Waals surface area (Å²) in [6.45, 7) is 3.01. The number of aromatic nitrogens is 2. The van der Waals surface area contributed by atoms with Gasteiger partial charge in [-0.25, -0.2) is 0 Å². The average molecular weight is 265 g/mol. The monoisotopic (exact) mass is 265 g/mol. The molecule has 0 amide bonds. The summed E-state index contributed by atoms with van der Waals surface area (Å²) in [5.74, 6) is 1.48. The van der Waals surface area contributed by atoms with E-state index in [1.165, 1.54) is 12.8 Å². The lowest BCUT2D eigenvalue weighted by Crippen LogP contribution is -2.45. The lowest BCUT2D eigenvalue weighted by atomic mass is 9.72. The van der Waals surface area contributed by atoms with E-state index in [9.17, 15) is 0 Å². The number of rotatable bonds is 3. The van der Waals surface area contributed by atoms with Gasteiger partial charge in [0, 0.05) is 19.1 Å². The molecule has 5 nitrogen and oxygen atoms in total.